The molecule has 0 aliphatic rings. The molecule has 1 unspecified atom stereocenters. The maximum absolute atomic E-state index is 6.16. The molecular formula is C22H39ClN2O. The molecule has 0 saturated carbocycles. The fraction of sp³-hybridized carbons (Fsp3) is 0.818. The summed E-state index contributed by atoms with van der Waals surface area (Å²) in [5, 5.41) is 0.492. The molecule has 0 N–H and O–H groups in total. The Labute approximate surface area is 166 Å². The molecule has 0 aliphatic heterocycles. The van der Waals surface area contributed by atoms with E-state index in [0.717, 1.165) is 31.7 Å². The van der Waals surface area contributed by atoms with Crippen LogP contribution in [0.1, 0.15) is 104 Å². The Morgan fingerprint density at radius 1 is 0.885 bits per heavy atom. The third kappa shape index (κ3) is 11.0. The topological polar surface area (TPSA) is 35.0 Å². The summed E-state index contributed by atoms with van der Waals surface area (Å²) in [6.07, 6.45) is 16.2. The van der Waals surface area contributed by atoms with E-state index in [1.54, 1.807) is 6.07 Å². The SMILES string of the molecule is CCCCCCCCCCc1nc(Cl)cc(OCC(CC)CCCC)n1. The number of halogens is 1. The molecule has 0 amide bonds. The smallest absolute Gasteiger partial charge is 0.218 e. The van der Waals surface area contributed by atoms with E-state index in [0.29, 0.717) is 17.0 Å². The molecular weight excluding hydrogens is 344 g/mol. The zero-order valence-electron chi connectivity index (χ0n) is 17.2. The van der Waals surface area contributed by atoms with E-state index in [-0.39, 0.29) is 0 Å². The van der Waals surface area contributed by atoms with Crippen molar-refractivity contribution in [3.8, 4) is 5.88 Å². The Kier molecular flexibility index (Phi) is 13.6. The molecule has 0 bridgehead atoms. The Hall–Kier alpha value is -0.830. The van der Waals surface area contributed by atoms with Crippen LogP contribution in [0.5, 0.6) is 5.88 Å². The lowest BCUT2D eigenvalue weighted by atomic mass is 10.0. The van der Waals surface area contributed by atoms with Crippen LogP contribution in [0.4, 0.5) is 0 Å². The number of unbranched alkanes of at least 4 members (excludes halogenated alkanes) is 8. The fourth-order valence-electron chi connectivity index (χ4n) is 3.15. The third-order valence-corrected chi connectivity index (χ3v) is 5.18. The summed E-state index contributed by atoms with van der Waals surface area (Å²) >= 11 is 6.16. The van der Waals surface area contributed by atoms with Gasteiger partial charge in [-0.1, -0.05) is 96.6 Å². The molecule has 0 aromatic carbocycles. The van der Waals surface area contributed by atoms with Crippen LogP contribution in [0.15, 0.2) is 6.07 Å². The van der Waals surface area contributed by atoms with Crippen molar-refractivity contribution < 1.29 is 4.74 Å². The van der Waals surface area contributed by atoms with Crippen molar-refractivity contribution in [1.82, 2.24) is 9.97 Å². The van der Waals surface area contributed by atoms with Gasteiger partial charge in [0.15, 0.2) is 0 Å². The first kappa shape index (κ1) is 23.2. The first-order valence-electron chi connectivity index (χ1n) is 10.9. The van der Waals surface area contributed by atoms with Crippen molar-refractivity contribution in [3.05, 3.63) is 17.0 Å². The quantitative estimate of drug-likeness (QED) is 0.220. The standard InChI is InChI=1S/C22H39ClN2O/c1-4-7-9-10-11-12-13-14-16-21-24-20(23)17-22(25-21)26-18-19(6-3)15-8-5-2/h17,19H,4-16,18H2,1-3H3. The largest absolute Gasteiger partial charge is 0.477 e. The second-order valence-corrected chi connectivity index (χ2v) is 7.78. The summed E-state index contributed by atoms with van der Waals surface area (Å²) in [6, 6.07) is 1.74. The van der Waals surface area contributed by atoms with E-state index in [2.05, 4.69) is 30.7 Å². The lowest BCUT2D eigenvalue weighted by Crippen LogP contribution is -2.12. The van der Waals surface area contributed by atoms with Crippen LogP contribution in [0.2, 0.25) is 5.15 Å². The summed E-state index contributed by atoms with van der Waals surface area (Å²) in [5.74, 6) is 2.05. The first-order chi connectivity index (χ1) is 12.7. The van der Waals surface area contributed by atoms with Gasteiger partial charge in [-0.05, 0) is 18.8 Å². The molecule has 1 heterocycles. The second-order valence-electron chi connectivity index (χ2n) is 7.40. The van der Waals surface area contributed by atoms with E-state index >= 15 is 0 Å². The van der Waals surface area contributed by atoms with Crippen LogP contribution in [0.3, 0.4) is 0 Å². The van der Waals surface area contributed by atoms with Crippen LogP contribution >= 0.6 is 11.6 Å². The Balaban J connectivity index is 2.32. The summed E-state index contributed by atoms with van der Waals surface area (Å²) in [5.41, 5.74) is 0. The van der Waals surface area contributed by atoms with Gasteiger partial charge in [-0.3, -0.25) is 0 Å². The number of ether oxygens (including phenoxy) is 1. The van der Waals surface area contributed by atoms with Gasteiger partial charge >= 0.3 is 0 Å². The minimum Gasteiger partial charge on any atom is -0.477 e. The monoisotopic (exact) mass is 382 g/mol. The fourth-order valence-corrected chi connectivity index (χ4v) is 3.34. The highest BCUT2D eigenvalue weighted by Crippen LogP contribution is 2.19. The summed E-state index contributed by atoms with van der Waals surface area (Å²) in [7, 11) is 0. The number of hydrogen-bond donors (Lipinski definition) is 0. The highest BCUT2D eigenvalue weighted by atomic mass is 35.5. The van der Waals surface area contributed by atoms with E-state index < -0.39 is 0 Å². The molecule has 0 fully saturated rings. The van der Waals surface area contributed by atoms with Crippen LogP contribution in [0.25, 0.3) is 0 Å². The summed E-state index contributed by atoms with van der Waals surface area (Å²) in [4.78, 5) is 8.92. The van der Waals surface area contributed by atoms with Crippen LogP contribution in [-0.4, -0.2) is 16.6 Å². The zero-order chi connectivity index (χ0) is 19.0. The number of rotatable bonds is 16. The predicted molar refractivity (Wildman–Crippen MR) is 112 cm³/mol. The van der Waals surface area contributed by atoms with Crippen LogP contribution in [-0.2, 0) is 6.42 Å². The molecule has 1 rings (SSSR count). The van der Waals surface area contributed by atoms with Crippen molar-refractivity contribution in [2.45, 2.75) is 104 Å². The molecule has 1 aromatic heterocycles. The van der Waals surface area contributed by atoms with Gasteiger partial charge in [0.1, 0.15) is 11.0 Å². The lowest BCUT2D eigenvalue weighted by Gasteiger charge is -2.15. The van der Waals surface area contributed by atoms with Gasteiger partial charge in [0.25, 0.3) is 0 Å². The van der Waals surface area contributed by atoms with Gasteiger partial charge in [-0.2, -0.15) is 4.98 Å². The van der Waals surface area contributed by atoms with Crippen molar-refractivity contribution in [2.75, 3.05) is 6.61 Å². The maximum atomic E-state index is 6.16. The third-order valence-electron chi connectivity index (χ3n) is 4.98. The first-order valence-corrected chi connectivity index (χ1v) is 11.2. The van der Waals surface area contributed by atoms with Gasteiger partial charge in [0.2, 0.25) is 5.88 Å². The van der Waals surface area contributed by atoms with Crippen molar-refractivity contribution in [2.24, 2.45) is 5.92 Å². The zero-order valence-corrected chi connectivity index (χ0v) is 18.0. The Morgan fingerprint density at radius 3 is 2.19 bits per heavy atom. The Morgan fingerprint density at radius 2 is 1.54 bits per heavy atom. The molecule has 4 heteroatoms. The molecule has 0 saturated heterocycles. The van der Waals surface area contributed by atoms with Crippen molar-refractivity contribution >= 4 is 11.6 Å². The van der Waals surface area contributed by atoms with Crippen LogP contribution in [0, 0.1) is 5.92 Å². The van der Waals surface area contributed by atoms with Crippen molar-refractivity contribution in [3.63, 3.8) is 0 Å². The summed E-state index contributed by atoms with van der Waals surface area (Å²) in [6.45, 7) is 7.44. The minimum absolute atomic E-state index is 0.492. The highest BCUT2D eigenvalue weighted by molar-refractivity contribution is 6.29. The lowest BCUT2D eigenvalue weighted by molar-refractivity contribution is 0.225. The van der Waals surface area contributed by atoms with E-state index in [1.165, 1.54) is 64.2 Å². The maximum Gasteiger partial charge on any atom is 0.218 e. The average Bonchev–Trinajstić information content (AvgIpc) is 2.64. The predicted octanol–water partition coefficient (Wildman–Crippen LogP) is 7.41. The molecule has 0 radical (unpaired) electrons. The van der Waals surface area contributed by atoms with Gasteiger partial charge in [-0.25, -0.2) is 4.98 Å². The van der Waals surface area contributed by atoms with Gasteiger partial charge in [-0.15, -0.1) is 0 Å². The van der Waals surface area contributed by atoms with Crippen LogP contribution < -0.4 is 4.74 Å². The number of aromatic nitrogens is 2. The molecule has 26 heavy (non-hydrogen) atoms. The van der Waals surface area contributed by atoms with Gasteiger partial charge in [0.05, 0.1) is 6.61 Å². The Bertz CT molecular complexity index is 467. The average molecular weight is 383 g/mol. The molecule has 0 aliphatic carbocycles. The molecule has 150 valence electrons. The number of aryl methyl sites for hydroxylation is 1. The summed E-state index contributed by atoms with van der Waals surface area (Å²) < 4.78 is 5.92. The second kappa shape index (κ2) is 15.2. The van der Waals surface area contributed by atoms with E-state index in [1.807, 2.05) is 0 Å². The van der Waals surface area contributed by atoms with E-state index in [4.69, 9.17) is 16.3 Å². The number of hydrogen-bond acceptors (Lipinski definition) is 3. The molecule has 1 atom stereocenters. The van der Waals surface area contributed by atoms with Gasteiger partial charge < -0.3 is 4.74 Å². The minimum atomic E-state index is 0.492. The molecule has 0 spiro atoms. The van der Waals surface area contributed by atoms with Crippen molar-refractivity contribution in [1.29, 1.82) is 0 Å². The normalized spacial score (nSPS) is 12.3. The molecule has 1 aromatic rings. The van der Waals surface area contributed by atoms with Gasteiger partial charge in [0, 0.05) is 12.5 Å². The highest BCUT2D eigenvalue weighted by Gasteiger charge is 2.09. The van der Waals surface area contributed by atoms with E-state index in [9.17, 15) is 0 Å². The molecule has 3 nitrogen and oxygen atoms in total. The number of nitrogens with zero attached hydrogens (tertiary/aromatic N) is 2.